The summed E-state index contributed by atoms with van der Waals surface area (Å²) in [5.41, 5.74) is 0.684. The summed E-state index contributed by atoms with van der Waals surface area (Å²) in [5, 5.41) is 3.45. The van der Waals surface area contributed by atoms with Crippen molar-refractivity contribution in [1.29, 1.82) is 0 Å². The lowest BCUT2D eigenvalue weighted by Gasteiger charge is -2.33. The Morgan fingerprint density at radius 1 is 1.38 bits per heavy atom. The molecule has 114 valence electrons. The number of piperidine rings is 1. The van der Waals surface area contributed by atoms with Crippen LogP contribution in [0.2, 0.25) is 5.02 Å². The van der Waals surface area contributed by atoms with Gasteiger partial charge in [-0.15, -0.1) is 0 Å². The first-order chi connectivity index (χ1) is 9.97. The van der Waals surface area contributed by atoms with Gasteiger partial charge >= 0.3 is 6.03 Å². The smallest absolute Gasteiger partial charge is 0.319 e. The third-order valence-corrected chi connectivity index (χ3v) is 3.77. The molecule has 2 rings (SSSR count). The second-order valence-corrected chi connectivity index (χ2v) is 5.90. The van der Waals surface area contributed by atoms with E-state index in [1.807, 2.05) is 0 Å². The Labute approximate surface area is 129 Å². The highest BCUT2D eigenvalue weighted by Gasteiger charge is 2.29. The first-order valence-corrected chi connectivity index (χ1v) is 7.38. The van der Waals surface area contributed by atoms with Gasteiger partial charge in [0, 0.05) is 37.9 Å². The Morgan fingerprint density at radius 3 is 2.81 bits per heavy atom. The van der Waals surface area contributed by atoms with Gasteiger partial charge in [-0.3, -0.25) is 4.79 Å². The van der Waals surface area contributed by atoms with Gasteiger partial charge in [-0.25, -0.2) is 4.79 Å². The molecule has 0 radical (unpaired) electrons. The van der Waals surface area contributed by atoms with Crippen molar-refractivity contribution >= 4 is 29.2 Å². The highest BCUT2D eigenvalue weighted by Crippen LogP contribution is 2.21. The third-order valence-electron chi connectivity index (χ3n) is 3.54. The lowest BCUT2D eigenvalue weighted by molar-refractivity contribution is -0.121. The predicted molar refractivity (Wildman–Crippen MR) is 83.5 cm³/mol. The minimum Gasteiger partial charge on any atom is -0.331 e. The van der Waals surface area contributed by atoms with Crippen LogP contribution in [-0.4, -0.2) is 48.9 Å². The first-order valence-electron chi connectivity index (χ1n) is 7.00. The monoisotopic (exact) mass is 309 g/mol. The lowest BCUT2D eigenvalue weighted by Crippen LogP contribution is -2.47. The SMILES string of the molecule is CN(C)C(=O)N1CCC[C@H](C(=O)Nc2cccc(Cl)c2)C1. The van der Waals surface area contributed by atoms with Gasteiger partial charge in [0.05, 0.1) is 5.92 Å². The van der Waals surface area contributed by atoms with Gasteiger partial charge in [-0.05, 0) is 31.0 Å². The van der Waals surface area contributed by atoms with E-state index >= 15 is 0 Å². The quantitative estimate of drug-likeness (QED) is 0.913. The Hall–Kier alpha value is -1.75. The summed E-state index contributed by atoms with van der Waals surface area (Å²) in [6.07, 6.45) is 1.64. The average molecular weight is 310 g/mol. The maximum atomic E-state index is 12.3. The van der Waals surface area contributed by atoms with Gasteiger partial charge in [0.1, 0.15) is 0 Å². The van der Waals surface area contributed by atoms with E-state index < -0.39 is 0 Å². The number of likely N-dealkylation sites (tertiary alicyclic amines) is 1. The van der Waals surface area contributed by atoms with Crippen molar-refractivity contribution in [2.24, 2.45) is 5.92 Å². The van der Waals surface area contributed by atoms with Crippen LogP contribution in [0.5, 0.6) is 0 Å². The van der Waals surface area contributed by atoms with Gasteiger partial charge in [-0.2, -0.15) is 0 Å². The van der Waals surface area contributed by atoms with Crippen molar-refractivity contribution in [1.82, 2.24) is 9.80 Å². The number of halogens is 1. The predicted octanol–water partition coefficient (Wildman–Crippen LogP) is 2.67. The van der Waals surface area contributed by atoms with Crippen molar-refractivity contribution in [3.8, 4) is 0 Å². The largest absolute Gasteiger partial charge is 0.331 e. The molecule has 1 N–H and O–H groups in total. The number of anilines is 1. The summed E-state index contributed by atoms with van der Waals surface area (Å²) in [7, 11) is 3.44. The van der Waals surface area contributed by atoms with E-state index in [1.54, 1.807) is 43.3 Å². The first kappa shape index (κ1) is 15.6. The minimum absolute atomic E-state index is 0.0461. The molecule has 0 bridgehead atoms. The van der Waals surface area contributed by atoms with Gasteiger partial charge in [0.2, 0.25) is 5.91 Å². The van der Waals surface area contributed by atoms with Crippen LogP contribution >= 0.6 is 11.6 Å². The van der Waals surface area contributed by atoms with Crippen molar-refractivity contribution in [2.75, 3.05) is 32.5 Å². The van der Waals surface area contributed by atoms with E-state index in [0.717, 1.165) is 12.8 Å². The molecule has 1 aromatic rings. The maximum absolute atomic E-state index is 12.3. The number of nitrogens with zero attached hydrogens (tertiary/aromatic N) is 2. The summed E-state index contributed by atoms with van der Waals surface area (Å²) in [6, 6.07) is 7.02. The zero-order valence-corrected chi connectivity index (χ0v) is 13.1. The summed E-state index contributed by atoms with van der Waals surface area (Å²) >= 11 is 5.90. The van der Waals surface area contributed by atoms with Crippen molar-refractivity contribution < 1.29 is 9.59 Å². The molecule has 6 heteroatoms. The van der Waals surface area contributed by atoms with Crippen molar-refractivity contribution in [3.63, 3.8) is 0 Å². The normalized spacial score (nSPS) is 18.2. The van der Waals surface area contributed by atoms with Crippen molar-refractivity contribution in [2.45, 2.75) is 12.8 Å². The van der Waals surface area contributed by atoms with Crippen LogP contribution < -0.4 is 5.32 Å². The van der Waals surface area contributed by atoms with Crippen LogP contribution in [0.25, 0.3) is 0 Å². The van der Waals surface area contributed by atoms with Gasteiger partial charge in [-0.1, -0.05) is 17.7 Å². The van der Waals surface area contributed by atoms with Crippen LogP contribution in [0.3, 0.4) is 0 Å². The van der Waals surface area contributed by atoms with Gasteiger partial charge in [0.25, 0.3) is 0 Å². The van der Waals surface area contributed by atoms with E-state index in [4.69, 9.17) is 11.6 Å². The fourth-order valence-corrected chi connectivity index (χ4v) is 2.65. The molecule has 1 aliphatic heterocycles. The molecule has 0 unspecified atom stereocenters. The van der Waals surface area contributed by atoms with E-state index in [1.165, 1.54) is 4.90 Å². The Kier molecular flexibility index (Phi) is 5.07. The zero-order valence-electron chi connectivity index (χ0n) is 12.3. The van der Waals surface area contributed by atoms with Crippen molar-refractivity contribution in [3.05, 3.63) is 29.3 Å². The molecule has 1 saturated heterocycles. The molecule has 1 atom stereocenters. The Bertz CT molecular complexity index is 533. The molecule has 0 saturated carbocycles. The Morgan fingerprint density at radius 2 is 2.14 bits per heavy atom. The van der Waals surface area contributed by atoms with Crippen LogP contribution in [0.4, 0.5) is 10.5 Å². The average Bonchev–Trinajstić information content (AvgIpc) is 2.46. The molecule has 1 aliphatic rings. The number of urea groups is 1. The van der Waals surface area contributed by atoms with Gasteiger partial charge < -0.3 is 15.1 Å². The molecule has 1 aromatic carbocycles. The molecule has 21 heavy (non-hydrogen) atoms. The molecular weight excluding hydrogens is 290 g/mol. The van der Waals surface area contributed by atoms with E-state index in [9.17, 15) is 9.59 Å². The molecule has 3 amide bonds. The highest BCUT2D eigenvalue weighted by atomic mass is 35.5. The second kappa shape index (κ2) is 6.80. The summed E-state index contributed by atoms with van der Waals surface area (Å²) in [4.78, 5) is 27.5. The maximum Gasteiger partial charge on any atom is 0.319 e. The van der Waals surface area contributed by atoms with E-state index in [0.29, 0.717) is 23.8 Å². The number of hydrogen-bond acceptors (Lipinski definition) is 2. The summed E-state index contributed by atoms with van der Waals surface area (Å²) in [5.74, 6) is -0.241. The van der Waals surface area contributed by atoms with Crippen LogP contribution in [0, 0.1) is 5.92 Å². The van der Waals surface area contributed by atoms with E-state index in [2.05, 4.69) is 5.32 Å². The molecule has 0 aliphatic carbocycles. The zero-order chi connectivity index (χ0) is 15.4. The second-order valence-electron chi connectivity index (χ2n) is 5.46. The number of rotatable bonds is 2. The number of hydrogen-bond donors (Lipinski definition) is 1. The number of nitrogens with one attached hydrogen (secondary N) is 1. The molecular formula is C15H20ClN3O2. The third kappa shape index (κ3) is 4.11. The van der Waals surface area contributed by atoms with Crippen LogP contribution in [0.1, 0.15) is 12.8 Å². The summed E-state index contributed by atoms with van der Waals surface area (Å²) < 4.78 is 0. The molecule has 0 spiro atoms. The highest BCUT2D eigenvalue weighted by molar-refractivity contribution is 6.30. The number of carbonyl (C=O) groups excluding carboxylic acids is 2. The molecule has 0 aromatic heterocycles. The fraction of sp³-hybridized carbons (Fsp3) is 0.467. The number of benzene rings is 1. The van der Waals surface area contributed by atoms with E-state index in [-0.39, 0.29) is 17.9 Å². The summed E-state index contributed by atoms with van der Waals surface area (Å²) in [6.45, 7) is 1.17. The topological polar surface area (TPSA) is 52.7 Å². The van der Waals surface area contributed by atoms with Crippen LogP contribution in [-0.2, 0) is 4.79 Å². The Balaban J connectivity index is 1.97. The molecule has 5 nitrogen and oxygen atoms in total. The standard InChI is InChI=1S/C15H20ClN3O2/c1-18(2)15(21)19-8-4-5-11(10-19)14(20)17-13-7-3-6-12(16)9-13/h3,6-7,9,11H,4-5,8,10H2,1-2H3,(H,17,20)/t11-/m0/s1. The van der Waals surface area contributed by atoms with Crippen LogP contribution in [0.15, 0.2) is 24.3 Å². The molecule has 1 heterocycles. The number of amides is 3. The lowest BCUT2D eigenvalue weighted by atomic mass is 9.97. The number of carbonyl (C=O) groups is 2. The van der Waals surface area contributed by atoms with Gasteiger partial charge in [0.15, 0.2) is 0 Å². The molecule has 1 fully saturated rings. The fourth-order valence-electron chi connectivity index (χ4n) is 2.46. The minimum atomic E-state index is -0.179.